The molecule has 0 bridgehead atoms. The molecule has 1 fully saturated rings. The molecule has 1 atom stereocenters. The van der Waals surface area contributed by atoms with Crippen LogP contribution in [0.2, 0.25) is 0 Å². The number of likely N-dealkylation sites (tertiary alicyclic amines) is 1. The summed E-state index contributed by atoms with van der Waals surface area (Å²) in [6, 6.07) is 0.503. The van der Waals surface area contributed by atoms with E-state index in [0.717, 1.165) is 19.6 Å². The van der Waals surface area contributed by atoms with Crippen molar-refractivity contribution in [3.05, 3.63) is 22.7 Å². The van der Waals surface area contributed by atoms with Gasteiger partial charge in [-0.15, -0.1) is 0 Å². The van der Waals surface area contributed by atoms with Crippen LogP contribution in [-0.2, 0) is 6.54 Å². The van der Waals surface area contributed by atoms with Gasteiger partial charge >= 0.3 is 0 Å². The van der Waals surface area contributed by atoms with E-state index in [1.54, 1.807) is 17.0 Å². The molecule has 1 aliphatic rings. The highest BCUT2D eigenvalue weighted by molar-refractivity contribution is 5.31. The van der Waals surface area contributed by atoms with E-state index in [1.165, 1.54) is 19.3 Å². The lowest BCUT2D eigenvalue weighted by Crippen LogP contribution is -2.41. The molecule has 0 aromatic carbocycles. The standard InChI is InChI=1S/C15H26N4O/c1-12(2)11-19-9-7-16-14(15(19)20)17-10-13-6-4-5-8-18(13)3/h7,9,12-13H,4-6,8,10-11H2,1-3H3,(H,16,17). The van der Waals surface area contributed by atoms with Crippen LogP contribution < -0.4 is 10.9 Å². The largest absolute Gasteiger partial charge is 0.364 e. The monoisotopic (exact) mass is 278 g/mol. The van der Waals surface area contributed by atoms with Crippen LogP contribution in [0, 0.1) is 5.92 Å². The summed E-state index contributed by atoms with van der Waals surface area (Å²) in [5.74, 6) is 0.930. The maximum Gasteiger partial charge on any atom is 0.293 e. The Morgan fingerprint density at radius 2 is 2.25 bits per heavy atom. The van der Waals surface area contributed by atoms with Crippen molar-refractivity contribution in [3.63, 3.8) is 0 Å². The molecular weight excluding hydrogens is 252 g/mol. The summed E-state index contributed by atoms with van der Waals surface area (Å²) in [7, 11) is 2.15. The first kappa shape index (κ1) is 15.0. The van der Waals surface area contributed by atoms with Gasteiger partial charge in [-0.3, -0.25) is 4.79 Å². The van der Waals surface area contributed by atoms with Crippen molar-refractivity contribution >= 4 is 5.82 Å². The number of aromatic nitrogens is 2. The van der Waals surface area contributed by atoms with E-state index >= 15 is 0 Å². The fourth-order valence-electron chi connectivity index (χ4n) is 2.72. The molecule has 1 aromatic rings. The van der Waals surface area contributed by atoms with Gasteiger partial charge in [-0.2, -0.15) is 0 Å². The molecule has 5 nitrogen and oxygen atoms in total. The Kier molecular flexibility index (Phi) is 5.17. The van der Waals surface area contributed by atoms with Crippen molar-refractivity contribution in [3.8, 4) is 0 Å². The summed E-state index contributed by atoms with van der Waals surface area (Å²) < 4.78 is 1.74. The van der Waals surface area contributed by atoms with E-state index in [2.05, 4.69) is 36.1 Å². The van der Waals surface area contributed by atoms with Crippen molar-refractivity contribution in [2.45, 2.75) is 45.7 Å². The molecule has 1 saturated heterocycles. The summed E-state index contributed by atoms with van der Waals surface area (Å²) in [4.78, 5) is 18.8. The Balaban J connectivity index is 2.00. The number of anilines is 1. The molecule has 0 saturated carbocycles. The van der Waals surface area contributed by atoms with Crippen LogP contribution in [0.25, 0.3) is 0 Å². The van der Waals surface area contributed by atoms with Gasteiger partial charge in [-0.25, -0.2) is 4.98 Å². The Labute approximate surface area is 121 Å². The van der Waals surface area contributed by atoms with Crippen LogP contribution >= 0.6 is 0 Å². The number of hydrogen-bond acceptors (Lipinski definition) is 4. The molecule has 1 aromatic heterocycles. The minimum Gasteiger partial charge on any atom is -0.364 e. The van der Waals surface area contributed by atoms with E-state index in [1.807, 2.05) is 0 Å². The predicted octanol–water partition coefficient (Wildman–Crippen LogP) is 1.80. The Bertz CT molecular complexity index is 483. The highest BCUT2D eigenvalue weighted by Crippen LogP contribution is 2.14. The number of rotatable bonds is 5. The van der Waals surface area contributed by atoms with Gasteiger partial charge in [-0.1, -0.05) is 20.3 Å². The van der Waals surface area contributed by atoms with Crippen molar-refractivity contribution in [2.24, 2.45) is 5.92 Å². The smallest absolute Gasteiger partial charge is 0.293 e. The van der Waals surface area contributed by atoms with Crippen molar-refractivity contribution < 1.29 is 0 Å². The van der Waals surface area contributed by atoms with E-state index in [4.69, 9.17) is 0 Å². The predicted molar refractivity (Wildman–Crippen MR) is 82.1 cm³/mol. The molecule has 1 unspecified atom stereocenters. The van der Waals surface area contributed by atoms with Crippen LogP contribution in [0.1, 0.15) is 33.1 Å². The first-order valence-corrected chi connectivity index (χ1v) is 7.57. The van der Waals surface area contributed by atoms with Crippen molar-refractivity contribution in [1.29, 1.82) is 0 Å². The maximum absolute atomic E-state index is 12.3. The second-order valence-electron chi connectivity index (χ2n) is 6.14. The van der Waals surface area contributed by atoms with Crippen LogP contribution in [0.4, 0.5) is 5.82 Å². The molecule has 1 N–H and O–H groups in total. The summed E-state index contributed by atoms with van der Waals surface area (Å²) in [6.45, 7) is 6.89. The second kappa shape index (κ2) is 6.88. The lowest BCUT2D eigenvalue weighted by Gasteiger charge is -2.32. The van der Waals surface area contributed by atoms with Gasteiger partial charge in [0, 0.05) is 31.5 Å². The number of nitrogens with one attached hydrogen (secondary N) is 1. The number of piperidine rings is 1. The van der Waals surface area contributed by atoms with E-state index in [-0.39, 0.29) is 5.56 Å². The Morgan fingerprint density at radius 1 is 1.45 bits per heavy atom. The number of nitrogens with zero attached hydrogens (tertiary/aromatic N) is 3. The van der Waals surface area contributed by atoms with Gasteiger partial charge in [-0.05, 0) is 32.4 Å². The fourth-order valence-corrected chi connectivity index (χ4v) is 2.72. The van der Waals surface area contributed by atoms with E-state index < -0.39 is 0 Å². The molecule has 2 heterocycles. The maximum atomic E-state index is 12.3. The average Bonchev–Trinajstić information content (AvgIpc) is 2.41. The molecule has 112 valence electrons. The minimum atomic E-state index is -0.0142. The van der Waals surface area contributed by atoms with E-state index in [0.29, 0.717) is 17.8 Å². The van der Waals surface area contributed by atoms with Gasteiger partial charge in [0.2, 0.25) is 0 Å². The summed E-state index contributed by atoms with van der Waals surface area (Å²) >= 11 is 0. The normalized spacial score (nSPS) is 20.3. The van der Waals surface area contributed by atoms with Crippen LogP contribution in [0.3, 0.4) is 0 Å². The quantitative estimate of drug-likeness (QED) is 0.892. The molecule has 1 aliphatic heterocycles. The fraction of sp³-hybridized carbons (Fsp3) is 0.733. The first-order valence-electron chi connectivity index (χ1n) is 7.57. The highest BCUT2D eigenvalue weighted by atomic mass is 16.1. The van der Waals surface area contributed by atoms with Crippen LogP contribution in [0.15, 0.2) is 17.2 Å². The molecule has 0 spiro atoms. The third-order valence-corrected chi connectivity index (χ3v) is 3.90. The molecule has 0 amide bonds. The van der Waals surface area contributed by atoms with Gasteiger partial charge in [0.05, 0.1) is 0 Å². The molecule has 0 aliphatic carbocycles. The zero-order valence-electron chi connectivity index (χ0n) is 12.8. The van der Waals surface area contributed by atoms with Gasteiger partial charge in [0.25, 0.3) is 5.56 Å². The van der Waals surface area contributed by atoms with Crippen molar-refractivity contribution in [2.75, 3.05) is 25.5 Å². The third-order valence-electron chi connectivity index (χ3n) is 3.90. The van der Waals surface area contributed by atoms with Gasteiger partial charge in [0.15, 0.2) is 5.82 Å². The summed E-state index contributed by atoms with van der Waals surface area (Å²) in [6.07, 6.45) is 7.21. The average molecular weight is 278 g/mol. The molecule has 2 rings (SSSR count). The van der Waals surface area contributed by atoms with Crippen LogP contribution in [-0.4, -0.2) is 40.6 Å². The van der Waals surface area contributed by atoms with Crippen molar-refractivity contribution in [1.82, 2.24) is 14.5 Å². The Morgan fingerprint density at radius 3 is 2.95 bits per heavy atom. The summed E-state index contributed by atoms with van der Waals surface area (Å²) in [5, 5.41) is 3.24. The third kappa shape index (κ3) is 3.82. The topological polar surface area (TPSA) is 50.2 Å². The lowest BCUT2D eigenvalue weighted by atomic mass is 10.0. The Hall–Kier alpha value is -1.36. The molecular formula is C15H26N4O. The molecule has 20 heavy (non-hydrogen) atoms. The zero-order chi connectivity index (χ0) is 14.5. The minimum absolute atomic E-state index is 0.0142. The SMILES string of the molecule is CC(C)Cn1ccnc(NCC2CCCCN2C)c1=O. The highest BCUT2D eigenvalue weighted by Gasteiger charge is 2.19. The van der Waals surface area contributed by atoms with Gasteiger partial charge < -0.3 is 14.8 Å². The second-order valence-corrected chi connectivity index (χ2v) is 6.14. The van der Waals surface area contributed by atoms with E-state index in [9.17, 15) is 4.79 Å². The molecule has 0 radical (unpaired) electrons. The van der Waals surface area contributed by atoms with Crippen LogP contribution in [0.5, 0.6) is 0 Å². The zero-order valence-corrected chi connectivity index (χ0v) is 12.8. The summed E-state index contributed by atoms with van der Waals surface area (Å²) in [5.41, 5.74) is -0.0142. The number of hydrogen-bond donors (Lipinski definition) is 1. The number of likely N-dealkylation sites (N-methyl/N-ethyl adjacent to an activating group) is 1. The lowest BCUT2D eigenvalue weighted by molar-refractivity contribution is 0.194. The molecule has 5 heteroatoms. The van der Waals surface area contributed by atoms with Gasteiger partial charge in [0.1, 0.15) is 0 Å². The first-order chi connectivity index (χ1) is 9.58.